The number of hydrogen-bond donors (Lipinski definition) is 4. The second-order valence-corrected chi connectivity index (χ2v) is 4.10. The SMILES string of the molecule is COC([C@@H](F)[C@H](O)CCO)N1CC[C@@H](O)NC1=O. The van der Waals surface area contributed by atoms with Crippen molar-refractivity contribution in [2.45, 2.75) is 37.6 Å². The van der Waals surface area contributed by atoms with Gasteiger partial charge >= 0.3 is 6.03 Å². The maximum atomic E-state index is 13.9. The molecule has 1 saturated heterocycles. The second kappa shape index (κ2) is 6.83. The van der Waals surface area contributed by atoms with Gasteiger partial charge < -0.3 is 25.4 Å². The molecule has 8 heteroatoms. The highest BCUT2D eigenvalue weighted by atomic mass is 19.1. The first kappa shape index (κ1) is 15.1. The maximum Gasteiger partial charge on any atom is 0.321 e. The van der Waals surface area contributed by atoms with Gasteiger partial charge in [-0.25, -0.2) is 9.18 Å². The number of carbonyl (C=O) groups is 1. The maximum absolute atomic E-state index is 13.9. The van der Waals surface area contributed by atoms with Gasteiger partial charge in [-0.2, -0.15) is 0 Å². The zero-order chi connectivity index (χ0) is 13.7. The minimum absolute atomic E-state index is 0.123. The molecule has 0 spiro atoms. The first-order valence-corrected chi connectivity index (χ1v) is 5.72. The van der Waals surface area contributed by atoms with Gasteiger partial charge in [0.15, 0.2) is 12.4 Å². The van der Waals surface area contributed by atoms with Gasteiger partial charge in [-0.1, -0.05) is 0 Å². The number of rotatable bonds is 6. The van der Waals surface area contributed by atoms with Crippen LogP contribution in [0.25, 0.3) is 0 Å². The number of ether oxygens (including phenoxy) is 1. The summed E-state index contributed by atoms with van der Waals surface area (Å²) in [6.07, 6.45) is -5.35. The van der Waals surface area contributed by atoms with Crippen LogP contribution in [-0.2, 0) is 4.74 Å². The number of hydrogen-bond acceptors (Lipinski definition) is 5. The van der Waals surface area contributed by atoms with Crippen LogP contribution in [0.3, 0.4) is 0 Å². The number of halogens is 1. The van der Waals surface area contributed by atoms with Gasteiger partial charge in [-0.05, 0) is 6.42 Å². The van der Waals surface area contributed by atoms with E-state index in [9.17, 15) is 19.4 Å². The second-order valence-electron chi connectivity index (χ2n) is 4.10. The van der Waals surface area contributed by atoms with Crippen LogP contribution in [0.15, 0.2) is 0 Å². The third-order valence-electron chi connectivity index (χ3n) is 2.81. The van der Waals surface area contributed by atoms with Crippen LogP contribution >= 0.6 is 0 Å². The molecule has 18 heavy (non-hydrogen) atoms. The molecule has 0 saturated carbocycles. The lowest BCUT2D eigenvalue weighted by Crippen LogP contribution is -2.59. The normalized spacial score (nSPS) is 25.5. The predicted octanol–water partition coefficient (Wildman–Crippen LogP) is -1.23. The van der Waals surface area contributed by atoms with Crippen LogP contribution in [0.4, 0.5) is 9.18 Å². The average molecular weight is 266 g/mol. The number of alkyl halides is 1. The highest BCUT2D eigenvalue weighted by Crippen LogP contribution is 2.18. The van der Waals surface area contributed by atoms with Crippen LogP contribution in [0.1, 0.15) is 12.8 Å². The van der Waals surface area contributed by atoms with Crippen molar-refractivity contribution in [3.63, 3.8) is 0 Å². The zero-order valence-corrected chi connectivity index (χ0v) is 10.1. The molecule has 0 aliphatic carbocycles. The van der Waals surface area contributed by atoms with E-state index in [1.807, 2.05) is 0 Å². The summed E-state index contributed by atoms with van der Waals surface area (Å²) in [5.41, 5.74) is 0. The lowest BCUT2D eigenvalue weighted by atomic mass is 10.1. The number of nitrogens with one attached hydrogen (secondary N) is 1. The number of aliphatic hydroxyl groups is 3. The molecule has 1 aliphatic rings. The fourth-order valence-electron chi connectivity index (χ4n) is 1.81. The fraction of sp³-hybridized carbons (Fsp3) is 0.900. The van der Waals surface area contributed by atoms with Gasteiger partial charge in [0.05, 0.1) is 6.10 Å². The molecular weight excluding hydrogens is 247 g/mol. The molecule has 1 fully saturated rings. The van der Waals surface area contributed by atoms with Gasteiger partial charge in [-0.3, -0.25) is 4.90 Å². The summed E-state index contributed by atoms with van der Waals surface area (Å²) in [5, 5.41) is 29.6. The summed E-state index contributed by atoms with van der Waals surface area (Å²) in [6, 6.07) is -0.653. The number of aliphatic hydroxyl groups excluding tert-OH is 3. The Morgan fingerprint density at radius 2 is 2.33 bits per heavy atom. The van der Waals surface area contributed by atoms with E-state index in [1.165, 1.54) is 7.11 Å². The molecule has 1 heterocycles. The average Bonchev–Trinajstić information content (AvgIpc) is 2.32. The number of amides is 2. The van der Waals surface area contributed by atoms with Crippen molar-refractivity contribution in [2.75, 3.05) is 20.3 Å². The summed E-state index contributed by atoms with van der Waals surface area (Å²) < 4.78 is 18.8. The molecule has 4 N–H and O–H groups in total. The van der Waals surface area contributed by atoms with Gasteiger partial charge in [0, 0.05) is 26.7 Å². The lowest BCUT2D eigenvalue weighted by molar-refractivity contribution is -0.107. The summed E-state index contributed by atoms with van der Waals surface area (Å²) >= 11 is 0. The molecule has 1 rings (SSSR count). The van der Waals surface area contributed by atoms with Crippen LogP contribution in [0, 0.1) is 0 Å². The number of nitrogens with zero attached hydrogens (tertiary/aromatic N) is 1. The van der Waals surface area contributed by atoms with E-state index >= 15 is 0 Å². The Labute approximate surface area is 104 Å². The minimum atomic E-state index is -1.83. The zero-order valence-electron chi connectivity index (χ0n) is 10.1. The summed E-state index contributed by atoms with van der Waals surface area (Å²) in [6.45, 7) is -0.235. The molecule has 2 amide bonds. The Morgan fingerprint density at radius 3 is 2.83 bits per heavy atom. The molecule has 1 unspecified atom stereocenters. The molecule has 4 atom stereocenters. The first-order chi connectivity index (χ1) is 8.51. The van der Waals surface area contributed by atoms with E-state index in [1.54, 1.807) is 0 Å². The van der Waals surface area contributed by atoms with Crippen molar-refractivity contribution in [2.24, 2.45) is 0 Å². The summed E-state index contributed by atoms with van der Waals surface area (Å²) in [4.78, 5) is 12.6. The number of methoxy groups -OCH3 is 1. The molecule has 0 bridgehead atoms. The van der Waals surface area contributed by atoms with E-state index in [-0.39, 0.29) is 26.0 Å². The fourth-order valence-corrected chi connectivity index (χ4v) is 1.81. The molecule has 106 valence electrons. The quantitative estimate of drug-likeness (QED) is 0.482. The lowest BCUT2D eigenvalue weighted by Gasteiger charge is -2.37. The van der Waals surface area contributed by atoms with E-state index in [2.05, 4.69) is 5.32 Å². The molecule has 1 aliphatic heterocycles. The molecule has 0 aromatic carbocycles. The van der Waals surface area contributed by atoms with E-state index in [0.29, 0.717) is 0 Å². The van der Waals surface area contributed by atoms with Crippen molar-refractivity contribution >= 4 is 6.03 Å². The Bertz CT molecular complexity index is 281. The van der Waals surface area contributed by atoms with E-state index < -0.39 is 30.8 Å². The summed E-state index contributed by atoms with van der Waals surface area (Å²) in [5.74, 6) is 0. The molecular formula is C10H19FN2O5. The number of carbonyl (C=O) groups excluding carboxylic acids is 1. The Balaban J connectivity index is 2.67. The van der Waals surface area contributed by atoms with Crippen LogP contribution in [0.2, 0.25) is 0 Å². The molecule has 0 aromatic heterocycles. The largest absolute Gasteiger partial charge is 0.396 e. The monoisotopic (exact) mass is 266 g/mol. The summed E-state index contributed by atoms with van der Waals surface area (Å²) in [7, 11) is 1.22. The van der Waals surface area contributed by atoms with Crippen molar-refractivity contribution in [1.29, 1.82) is 0 Å². The molecule has 7 nitrogen and oxygen atoms in total. The molecule has 0 radical (unpaired) electrons. The third kappa shape index (κ3) is 3.52. The minimum Gasteiger partial charge on any atom is -0.396 e. The Kier molecular flexibility index (Phi) is 5.73. The van der Waals surface area contributed by atoms with Crippen molar-refractivity contribution in [1.82, 2.24) is 10.2 Å². The van der Waals surface area contributed by atoms with Gasteiger partial charge in [-0.15, -0.1) is 0 Å². The van der Waals surface area contributed by atoms with Crippen LogP contribution in [0.5, 0.6) is 0 Å². The van der Waals surface area contributed by atoms with Crippen molar-refractivity contribution in [3.05, 3.63) is 0 Å². The predicted molar refractivity (Wildman–Crippen MR) is 59.3 cm³/mol. The third-order valence-corrected chi connectivity index (χ3v) is 2.81. The Hall–Kier alpha value is -0.960. The van der Waals surface area contributed by atoms with Gasteiger partial charge in [0.1, 0.15) is 6.23 Å². The highest BCUT2D eigenvalue weighted by Gasteiger charge is 2.37. The van der Waals surface area contributed by atoms with E-state index in [0.717, 1.165) is 4.90 Å². The van der Waals surface area contributed by atoms with Gasteiger partial charge in [0.2, 0.25) is 0 Å². The van der Waals surface area contributed by atoms with Crippen molar-refractivity contribution in [3.8, 4) is 0 Å². The first-order valence-electron chi connectivity index (χ1n) is 5.72. The van der Waals surface area contributed by atoms with Crippen LogP contribution in [-0.4, -0.2) is 71.2 Å². The number of urea groups is 1. The van der Waals surface area contributed by atoms with E-state index in [4.69, 9.17) is 9.84 Å². The Morgan fingerprint density at radius 1 is 1.67 bits per heavy atom. The standard InChI is InChI=1S/C10H19FN2O5/c1-18-9(8(11)6(15)3-5-14)13-4-2-7(16)12-10(13)17/h6-9,14-16H,2-5H2,1H3,(H,12,17)/t6-,7-,8+,9?/m1/s1. The topological polar surface area (TPSA) is 102 Å². The smallest absolute Gasteiger partial charge is 0.321 e. The molecule has 0 aromatic rings. The van der Waals surface area contributed by atoms with Crippen LogP contribution < -0.4 is 5.32 Å². The highest BCUT2D eigenvalue weighted by molar-refractivity contribution is 5.75. The van der Waals surface area contributed by atoms with Gasteiger partial charge in [0.25, 0.3) is 0 Å². The van der Waals surface area contributed by atoms with Crippen molar-refractivity contribution < 1.29 is 29.2 Å².